The number of aryl methyl sites for hydroxylation is 2. The Morgan fingerprint density at radius 2 is 1.97 bits per heavy atom. The minimum Gasteiger partial charge on any atom is -0.370 e. The summed E-state index contributed by atoms with van der Waals surface area (Å²) in [6.45, 7) is 5.33. The molecule has 0 N–H and O–H groups in total. The first kappa shape index (κ1) is 22.4. The van der Waals surface area contributed by atoms with Crippen LogP contribution in [0.4, 0.5) is 10.2 Å². The zero-order valence-electron chi connectivity index (χ0n) is 19.0. The predicted molar refractivity (Wildman–Crippen MR) is 130 cm³/mol. The number of anilines is 1. The van der Waals surface area contributed by atoms with Gasteiger partial charge in [0.25, 0.3) is 5.56 Å². The average Bonchev–Trinajstić information content (AvgIpc) is 2.82. The molecule has 34 heavy (non-hydrogen) atoms. The van der Waals surface area contributed by atoms with E-state index in [0.29, 0.717) is 36.9 Å². The summed E-state index contributed by atoms with van der Waals surface area (Å²) in [7, 11) is 1.64. The SMILES string of the molecule is Cc1ccc([C@H]2CN(c3cc4nc(C)n(C)c(=O)c4c(-c4ccc(Cl)cc4F)n3)CCO2)cn1. The molecule has 1 aliphatic rings. The first-order chi connectivity index (χ1) is 16.3. The molecule has 0 unspecified atom stereocenters. The Bertz CT molecular complexity index is 1450. The second kappa shape index (κ2) is 8.77. The summed E-state index contributed by atoms with van der Waals surface area (Å²) in [5, 5.41) is 0.539. The van der Waals surface area contributed by atoms with Gasteiger partial charge in [-0.2, -0.15) is 0 Å². The normalized spacial score (nSPS) is 16.3. The van der Waals surface area contributed by atoms with E-state index in [4.69, 9.17) is 21.3 Å². The maximum atomic E-state index is 15.0. The van der Waals surface area contributed by atoms with Crippen LogP contribution in [0, 0.1) is 19.7 Å². The van der Waals surface area contributed by atoms with Crippen LogP contribution in [0.2, 0.25) is 5.02 Å². The molecule has 0 radical (unpaired) electrons. The number of rotatable bonds is 3. The lowest BCUT2D eigenvalue weighted by molar-refractivity contribution is 0.0393. The molecule has 5 rings (SSSR count). The fourth-order valence-corrected chi connectivity index (χ4v) is 4.31. The highest BCUT2D eigenvalue weighted by Crippen LogP contribution is 2.32. The fraction of sp³-hybridized carbons (Fsp3) is 0.280. The lowest BCUT2D eigenvalue weighted by Gasteiger charge is -2.34. The molecular formula is C25H23ClFN5O2. The Morgan fingerprint density at radius 3 is 2.71 bits per heavy atom. The van der Waals surface area contributed by atoms with Crippen LogP contribution in [-0.4, -0.2) is 39.2 Å². The molecule has 174 valence electrons. The number of benzene rings is 1. The summed E-state index contributed by atoms with van der Waals surface area (Å²) in [5.41, 5.74) is 2.54. The van der Waals surface area contributed by atoms with Crippen molar-refractivity contribution >= 4 is 28.3 Å². The van der Waals surface area contributed by atoms with Crippen LogP contribution in [0.5, 0.6) is 0 Å². The largest absolute Gasteiger partial charge is 0.370 e. The Labute approximate surface area is 200 Å². The summed E-state index contributed by atoms with van der Waals surface area (Å²) >= 11 is 5.97. The number of hydrogen-bond donors (Lipinski definition) is 0. The predicted octanol–water partition coefficient (Wildman–Crippen LogP) is 4.38. The molecule has 0 bridgehead atoms. The lowest BCUT2D eigenvalue weighted by Crippen LogP contribution is -2.39. The van der Waals surface area contributed by atoms with Crippen LogP contribution < -0.4 is 10.5 Å². The number of pyridine rings is 2. The molecule has 9 heteroatoms. The topological polar surface area (TPSA) is 73.1 Å². The van der Waals surface area contributed by atoms with E-state index in [1.54, 1.807) is 32.2 Å². The van der Waals surface area contributed by atoms with Crippen molar-refractivity contribution in [1.82, 2.24) is 19.5 Å². The molecule has 1 saturated heterocycles. The Hall–Kier alpha value is -3.36. The minimum absolute atomic E-state index is 0.187. The molecule has 1 atom stereocenters. The quantitative estimate of drug-likeness (QED) is 0.434. The van der Waals surface area contributed by atoms with E-state index in [1.165, 1.54) is 10.6 Å². The van der Waals surface area contributed by atoms with Crippen molar-refractivity contribution in [2.45, 2.75) is 20.0 Å². The molecule has 3 aromatic heterocycles. The first-order valence-electron chi connectivity index (χ1n) is 10.9. The van der Waals surface area contributed by atoms with Gasteiger partial charge in [0.05, 0.1) is 23.2 Å². The van der Waals surface area contributed by atoms with Gasteiger partial charge in [0.15, 0.2) is 0 Å². The molecule has 0 spiro atoms. The number of halogens is 2. The first-order valence-corrected chi connectivity index (χ1v) is 11.3. The molecule has 0 aliphatic carbocycles. The monoisotopic (exact) mass is 479 g/mol. The highest BCUT2D eigenvalue weighted by Gasteiger charge is 2.26. The van der Waals surface area contributed by atoms with Gasteiger partial charge in [0.1, 0.15) is 23.6 Å². The van der Waals surface area contributed by atoms with Crippen molar-refractivity contribution in [3.63, 3.8) is 0 Å². The van der Waals surface area contributed by atoms with E-state index in [0.717, 1.165) is 11.3 Å². The summed E-state index contributed by atoms with van der Waals surface area (Å²) in [6, 6.07) is 10.1. The smallest absolute Gasteiger partial charge is 0.263 e. The zero-order chi connectivity index (χ0) is 24.0. The molecule has 1 fully saturated rings. The van der Waals surface area contributed by atoms with E-state index in [2.05, 4.69) is 14.9 Å². The van der Waals surface area contributed by atoms with Gasteiger partial charge in [-0.05, 0) is 38.1 Å². The molecular weight excluding hydrogens is 457 g/mol. The molecule has 1 aromatic carbocycles. The van der Waals surface area contributed by atoms with Crippen molar-refractivity contribution in [2.24, 2.45) is 7.05 Å². The molecule has 7 nitrogen and oxygen atoms in total. The van der Waals surface area contributed by atoms with Gasteiger partial charge >= 0.3 is 0 Å². The molecule has 1 aliphatic heterocycles. The van der Waals surface area contributed by atoms with Gasteiger partial charge in [-0.1, -0.05) is 17.7 Å². The number of aromatic nitrogens is 4. The van der Waals surface area contributed by atoms with Crippen LogP contribution in [-0.2, 0) is 11.8 Å². The van der Waals surface area contributed by atoms with Gasteiger partial charge < -0.3 is 9.64 Å². The van der Waals surface area contributed by atoms with Crippen LogP contribution in [0.25, 0.3) is 22.2 Å². The third-order valence-electron chi connectivity index (χ3n) is 6.15. The summed E-state index contributed by atoms with van der Waals surface area (Å²) in [4.78, 5) is 29.0. The number of hydrogen-bond acceptors (Lipinski definition) is 6. The van der Waals surface area contributed by atoms with E-state index < -0.39 is 5.82 Å². The van der Waals surface area contributed by atoms with E-state index >= 15 is 0 Å². The van der Waals surface area contributed by atoms with Crippen molar-refractivity contribution in [3.8, 4) is 11.3 Å². The molecule has 0 saturated carbocycles. The maximum Gasteiger partial charge on any atom is 0.263 e. The van der Waals surface area contributed by atoms with Gasteiger partial charge in [-0.3, -0.25) is 14.3 Å². The van der Waals surface area contributed by atoms with Crippen molar-refractivity contribution in [2.75, 3.05) is 24.6 Å². The molecule has 4 aromatic rings. The number of fused-ring (bicyclic) bond motifs is 1. The number of morpholine rings is 1. The summed E-state index contributed by atoms with van der Waals surface area (Å²) < 4.78 is 22.4. The summed E-state index contributed by atoms with van der Waals surface area (Å²) in [6.07, 6.45) is 1.63. The van der Waals surface area contributed by atoms with Gasteiger partial charge in [0.2, 0.25) is 0 Å². The van der Waals surface area contributed by atoms with E-state index in [1.807, 2.05) is 25.3 Å². The van der Waals surface area contributed by atoms with E-state index in [-0.39, 0.29) is 33.3 Å². The van der Waals surface area contributed by atoms with E-state index in [9.17, 15) is 9.18 Å². The van der Waals surface area contributed by atoms with Crippen molar-refractivity contribution in [3.05, 3.63) is 80.9 Å². The van der Waals surface area contributed by atoms with Crippen molar-refractivity contribution in [1.29, 1.82) is 0 Å². The maximum absolute atomic E-state index is 15.0. The van der Waals surface area contributed by atoms with Gasteiger partial charge in [0, 0.05) is 54.2 Å². The number of nitrogens with zero attached hydrogens (tertiary/aromatic N) is 5. The average molecular weight is 480 g/mol. The standard InChI is InChI=1S/C25H23ClFN5O2/c1-14-4-5-16(12-28-14)21-13-32(8-9-34-21)22-11-20-23(25(33)31(3)15(2)29-20)24(30-22)18-7-6-17(26)10-19(18)27/h4-7,10-12,21H,8-9,13H2,1-3H3/t21-/m1/s1. The Kier molecular flexibility index (Phi) is 5.79. The second-order valence-electron chi connectivity index (χ2n) is 8.41. The third-order valence-corrected chi connectivity index (χ3v) is 6.39. The van der Waals surface area contributed by atoms with Crippen LogP contribution in [0.1, 0.15) is 23.2 Å². The lowest BCUT2D eigenvalue weighted by atomic mass is 10.1. The molecule has 0 amide bonds. The zero-order valence-corrected chi connectivity index (χ0v) is 19.8. The third kappa shape index (κ3) is 4.03. The van der Waals surface area contributed by atoms with Gasteiger partial charge in [-0.25, -0.2) is 14.4 Å². The number of ether oxygens (including phenoxy) is 1. The fourth-order valence-electron chi connectivity index (χ4n) is 4.15. The Balaban J connectivity index is 1.65. The van der Waals surface area contributed by atoms with Crippen molar-refractivity contribution < 1.29 is 9.13 Å². The molecule has 4 heterocycles. The van der Waals surface area contributed by atoms with Gasteiger partial charge in [-0.15, -0.1) is 0 Å². The highest BCUT2D eigenvalue weighted by atomic mass is 35.5. The highest BCUT2D eigenvalue weighted by molar-refractivity contribution is 6.30. The Morgan fingerprint density at radius 1 is 1.15 bits per heavy atom. The second-order valence-corrected chi connectivity index (χ2v) is 8.85. The summed E-state index contributed by atoms with van der Waals surface area (Å²) in [5.74, 6) is 0.611. The minimum atomic E-state index is -0.549. The van der Waals surface area contributed by atoms with Crippen LogP contribution in [0.3, 0.4) is 0 Å². The van der Waals surface area contributed by atoms with Crippen LogP contribution >= 0.6 is 11.6 Å². The van der Waals surface area contributed by atoms with Crippen LogP contribution in [0.15, 0.2) is 47.4 Å².